The third-order valence-electron chi connectivity index (χ3n) is 2.31. The van der Waals surface area contributed by atoms with E-state index in [0.29, 0.717) is 0 Å². The minimum atomic E-state index is -3.49. The van der Waals surface area contributed by atoms with E-state index in [2.05, 4.69) is 4.72 Å². The van der Waals surface area contributed by atoms with Crippen molar-refractivity contribution in [1.29, 1.82) is 0 Å². The first-order valence-electron chi connectivity index (χ1n) is 5.18. The largest absolute Gasteiger partial charge is 0.478 e. The van der Waals surface area contributed by atoms with E-state index in [0.717, 1.165) is 6.26 Å². The summed E-state index contributed by atoms with van der Waals surface area (Å²) in [5.41, 5.74) is 0.504. The van der Waals surface area contributed by atoms with Crippen molar-refractivity contribution < 1.29 is 27.8 Å². The lowest BCUT2D eigenvalue weighted by Crippen LogP contribution is -2.14. The fraction of sp³-hybridized carbons (Fsp3) is 0.182. The predicted molar refractivity (Wildman–Crippen MR) is 65.9 cm³/mol. The number of hydrogen-bond donors (Lipinski definition) is 2. The molecule has 2 N–H and O–H groups in total. The SMILES string of the molecule is CS(=O)(=O)Nc1ccc(C(=O)O)cc1C1OC=CO1. The number of benzene rings is 1. The highest BCUT2D eigenvalue weighted by molar-refractivity contribution is 7.92. The van der Waals surface area contributed by atoms with Crippen LogP contribution in [0.3, 0.4) is 0 Å². The van der Waals surface area contributed by atoms with Crippen LogP contribution in [0, 0.1) is 0 Å². The lowest BCUT2D eigenvalue weighted by atomic mass is 10.1. The molecule has 0 unspecified atom stereocenters. The van der Waals surface area contributed by atoms with Crippen LogP contribution in [0.15, 0.2) is 30.7 Å². The van der Waals surface area contributed by atoms with Crippen molar-refractivity contribution in [2.45, 2.75) is 6.29 Å². The molecule has 1 aromatic carbocycles. The third kappa shape index (κ3) is 3.16. The Kier molecular flexibility index (Phi) is 3.34. The Morgan fingerprint density at radius 1 is 1.32 bits per heavy atom. The molecule has 0 fully saturated rings. The van der Waals surface area contributed by atoms with Crippen molar-refractivity contribution >= 4 is 21.7 Å². The van der Waals surface area contributed by atoms with Gasteiger partial charge in [0, 0.05) is 0 Å². The van der Waals surface area contributed by atoms with Crippen molar-refractivity contribution in [2.75, 3.05) is 11.0 Å². The first kappa shape index (κ1) is 13.2. The highest BCUT2D eigenvalue weighted by Gasteiger charge is 2.22. The number of hydrogen-bond acceptors (Lipinski definition) is 5. The second-order valence-electron chi connectivity index (χ2n) is 3.86. The molecule has 19 heavy (non-hydrogen) atoms. The van der Waals surface area contributed by atoms with Gasteiger partial charge >= 0.3 is 5.97 Å². The number of carbonyl (C=O) groups is 1. The first-order valence-corrected chi connectivity index (χ1v) is 7.07. The smallest absolute Gasteiger partial charge is 0.335 e. The molecule has 7 nitrogen and oxygen atoms in total. The fourth-order valence-corrected chi connectivity index (χ4v) is 2.15. The third-order valence-corrected chi connectivity index (χ3v) is 2.90. The van der Waals surface area contributed by atoms with E-state index in [1.807, 2.05) is 0 Å². The molecule has 1 aliphatic rings. The molecule has 0 radical (unpaired) electrons. The minimum Gasteiger partial charge on any atom is -0.478 e. The molecule has 0 saturated heterocycles. The van der Waals surface area contributed by atoms with Gasteiger partial charge in [-0.25, -0.2) is 13.2 Å². The van der Waals surface area contributed by atoms with Crippen molar-refractivity contribution in [3.8, 4) is 0 Å². The fourth-order valence-electron chi connectivity index (χ4n) is 1.57. The Bertz CT molecular complexity index is 629. The van der Waals surface area contributed by atoms with E-state index >= 15 is 0 Å². The van der Waals surface area contributed by atoms with Gasteiger partial charge in [0.2, 0.25) is 10.0 Å². The molecule has 102 valence electrons. The molecule has 0 atom stereocenters. The molecule has 0 amide bonds. The summed E-state index contributed by atoms with van der Waals surface area (Å²) in [6, 6.07) is 3.94. The summed E-state index contributed by atoms with van der Waals surface area (Å²) in [6.45, 7) is 0. The molecule has 2 rings (SSSR count). The van der Waals surface area contributed by atoms with Gasteiger partial charge in [-0.2, -0.15) is 0 Å². The van der Waals surface area contributed by atoms with Gasteiger partial charge in [0.25, 0.3) is 6.29 Å². The Labute approximate surface area is 109 Å². The van der Waals surface area contributed by atoms with Crippen LogP contribution >= 0.6 is 0 Å². The molecule has 1 aromatic rings. The van der Waals surface area contributed by atoms with Crippen molar-refractivity contribution in [2.24, 2.45) is 0 Å². The molecule has 8 heteroatoms. The van der Waals surface area contributed by atoms with Gasteiger partial charge in [-0.3, -0.25) is 4.72 Å². The summed E-state index contributed by atoms with van der Waals surface area (Å²) in [6.07, 6.45) is 2.71. The van der Waals surface area contributed by atoms with Crippen LogP contribution < -0.4 is 4.72 Å². The van der Waals surface area contributed by atoms with Crippen molar-refractivity contribution in [3.63, 3.8) is 0 Å². The number of ether oxygens (including phenoxy) is 2. The minimum absolute atomic E-state index is 0.00755. The lowest BCUT2D eigenvalue weighted by Gasteiger charge is -2.16. The zero-order valence-corrected chi connectivity index (χ0v) is 10.7. The molecule has 0 bridgehead atoms. The summed E-state index contributed by atoms with van der Waals surface area (Å²) >= 11 is 0. The monoisotopic (exact) mass is 285 g/mol. The average Bonchev–Trinajstić information content (AvgIpc) is 2.80. The van der Waals surface area contributed by atoms with Crippen LogP contribution in [0.5, 0.6) is 0 Å². The number of sulfonamides is 1. The molecular weight excluding hydrogens is 274 g/mol. The van der Waals surface area contributed by atoms with Crippen LogP contribution in [-0.2, 0) is 19.5 Å². The van der Waals surface area contributed by atoms with E-state index in [4.69, 9.17) is 14.6 Å². The van der Waals surface area contributed by atoms with E-state index in [-0.39, 0.29) is 16.8 Å². The number of carboxylic acid groups (broad SMARTS) is 1. The van der Waals surface area contributed by atoms with Gasteiger partial charge < -0.3 is 14.6 Å². The second kappa shape index (κ2) is 4.81. The Morgan fingerprint density at radius 3 is 2.47 bits per heavy atom. The number of nitrogens with one attached hydrogen (secondary N) is 1. The molecule has 0 aromatic heterocycles. The molecule has 0 spiro atoms. The van der Waals surface area contributed by atoms with Crippen LogP contribution in [0.4, 0.5) is 5.69 Å². The topological polar surface area (TPSA) is 102 Å². The zero-order chi connectivity index (χ0) is 14.0. The second-order valence-corrected chi connectivity index (χ2v) is 5.61. The zero-order valence-electron chi connectivity index (χ0n) is 9.86. The molecular formula is C11H11NO6S. The highest BCUT2D eigenvalue weighted by Crippen LogP contribution is 2.31. The predicted octanol–water partition coefficient (Wildman–Crippen LogP) is 1.27. The standard InChI is InChI=1S/C11H11NO6S/c1-19(15,16)12-9-3-2-7(10(13)14)6-8(9)11-17-4-5-18-11/h2-6,11-12H,1H3,(H,13,14). The van der Waals surface area contributed by atoms with E-state index in [1.54, 1.807) is 0 Å². The van der Waals surface area contributed by atoms with Crippen molar-refractivity contribution in [3.05, 3.63) is 41.9 Å². The summed E-state index contributed by atoms with van der Waals surface area (Å²) < 4.78 is 35.0. The Morgan fingerprint density at radius 2 is 1.95 bits per heavy atom. The maximum Gasteiger partial charge on any atom is 0.335 e. The Balaban J connectivity index is 2.44. The quantitative estimate of drug-likeness (QED) is 0.863. The lowest BCUT2D eigenvalue weighted by molar-refractivity contribution is -0.0240. The summed E-state index contributed by atoms with van der Waals surface area (Å²) in [4.78, 5) is 10.9. The van der Waals surface area contributed by atoms with E-state index in [9.17, 15) is 13.2 Å². The van der Waals surface area contributed by atoms with E-state index in [1.165, 1.54) is 30.7 Å². The molecule has 0 aliphatic carbocycles. The number of rotatable bonds is 4. The first-order chi connectivity index (χ1) is 8.87. The van der Waals surface area contributed by atoms with Gasteiger partial charge in [-0.15, -0.1) is 0 Å². The Hall–Kier alpha value is -2.22. The molecule has 1 aliphatic heterocycles. The van der Waals surface area contributed by atoms with Crippen LogP contribution in [-0.4, -0.2) is 25.7 Å². The van der Waals surface area contributed by atoms with E-state index < -0.39 is 22.3 Å². The van der Waals surface area contributed by atoms with Gasteiger partial charge in [-0.1, -0.05) is 0 Å². The summed E-state index contributed by atoms with van der Waals surface area (Å²) in [5, 5.41) is 8.94. The van der Waals surface area contributed by atoms with Gasteiger partial charge in [0.1, 0.15) is 12.5 Å². The maximum atomic E-state index is 11.3. The van der Waals surface area contributed by atoms with Gasteiger partial charge in [0.05, 0.1) is 23.1 Å². The van der Waals surface area contributed by atoms with Crippen LogP contribution in [0.1, 0.15) is 22.2 Å². The number of anilines is 1. The van der Waals surface area contributed by atoms with Crippen LogP contribution in [0.25, 0.3) is 0 Å². The number of aromatic carboxylic acids is 1. The van der Waals surface area contributed by atoms with Crippen molar-refractivity contribution in [1.82, 2.24) is 0 Å². The summed E-state index contributed by atoms with van der Waals surface area (Å²) in [7, 11) is -3.49. The van der Waals surface area contributed by atoms with Gasteiger partial charge in [-0.05, 0) is 18.2 Å². The van der Waals surface area contributed by atoms with Crippen LogP contribution in [0.2, 0.25) is 0 Å². The highest BCUT2D eigenvalue weighted by atomic mass is 32.2. The molecule has 0 saturated carbocycles. The molecule has 1 heterocycles. The maximum absolute atomic E-state index is 11.3. The normalized spacial score (nSPS) is 14.8. The van der Waals surface area contributed by atoms with Gasteiger partial charge in [0.15, 0.2) is 0 Å². The average molecular weight is 285 g/mol. The summed E-state index contributed by atoms with van der Waals surface area (Å²) in [5.74, 6) is -1.13. The number of carboxylic acids is 1.